The fourth-order valence-electron chi connectivity index (χ4n) is 2.53. The van der Waals surface area contributed by atoms with Gasteiger partial charge in [0.05, 0.1) is 10.6 Å². The molecular formula is C16H16N6O4. The molecule has 2 aromatic carbocycles. The molecule has 0 fully saturated rings. The smallest absolute Gasteiger partial charge is 0.324 e. The third kappa shape index (κ3) is 3.24. The summed E-state index contributed by atoms with van der Waals surface area (Å²) in [5, 5.41) is 24.7. The van der Waals surface area contributed by atoms with Crippen molar-refractivity contribution < 1.29 is 14.3 Å². The number of carbonyl (C=O) groups excluding carboxylic acids is 1. The summed E-state index contributed by atoms with van der Waals surface area (Å²) in [6, 6.07) is 8.41. The van der Waals surface area contributed by atoms with Crippen LogP contribution in [0.2, 0.25) is 0 Å². The van der Waals surface area contributed by atoms with Crippen molar-refractivity contribution in [1.82, 2.24) is 10.3 Å². The van der Waals surface area contributed by atoms with Crippen LogP contribution in [0, 0.1) is 10.1 Å². The first-order chi connectivity index (χ1) is 12.4. The van der Waals surface area contributed by atoms with Crippen molar-refractivity contribution in [2.45, 2.75) is 6.92 Å². The summed E-state index contributed by atoms with van der Waals surface area (Å²) < 4.78 is 4.71. The molecule has 0 bridgehead atoms. The summed E-state index contributed by atoms with van der Waals surface area (Å²) in [5.74, 6) is -0.180. The lowest BCUT2D eigenvalue weighted by molar-refractivity contribution is -0.382. The molecule has 0 unspecified atom stereocenters. The third-order valence-corrected chi connectivity index (χ3v) is 3.64. The summed E-state index contributed by atoms with van der Waals surface area (Å²) in [6.45, 7) is 1.42. The van der Waals surface area contributed by atoms with Crippen LogP contribution >= 0.6 is 0 Å². The molecule has 0 aliphatic rings. The monoisotopic (exact) mass is 356 g/mol. The minimum atomic E-state index is -0.528. The van der Waals surface area contributed by atoms with E-state index in [-0.39, 0.29) is 22.8 Å². The standard InChI is InChI=1S/C16H16N6O4/c1-9(23)17-10-4-6-11(7-5-10)18-12-8-13(21(2)3)14-15(20-26-19-14)16(12)22(24)25/h4-8,18H,1-3H3,(H,17,23). The zero-order valence-electron chi connectivity index (χ0n) is 14.3. The zero-order chi connectivity index (χ0) is 18.8. The number of fused-ring (bicyclic) bond motifs is 1. The van der Waals surface area contributed by atoms with Gasteiger partial charge in [-0.05, 0) is 40.6 Å². The quantitative estimate of drug-likeness (QED) is 0.528. The van der Waals surface area contributed by atoms with Crippen LogP contribution < -0.4 is 15.5 Å². The fraction of sp³-hybridized carbons (Fsp3) is 0.188. The van der Waals surface area contributed by atoms with Crippen LogP contribution in [-0.2, 0) is 4.79 Å². The Labute approximate surface area is 147 Å². The Morgan fingerprint density at radius 2 is 1.77 bits per heavy atom. The number of carbonyl (C=O) groups is 1. The lowest BCUT2D eigenvalue weighted by Crippen LogP contribution is -2.10. The Bertz CT molecular complexity index is 980. The summed E-state index contributed by atoms with van der Waals surface area (Å²) in [7, 11) is 3.59. The predicted molar refractivity (Wildman–Crippen MR) is 96.8 cm³/mol. The normalized spacial score (nSPS) is 10.6. The number of benzene rings is 2. The van der Waals surface area contributed by atoms with Gasteiger partial charge in [-0.2, -0.15) is 0 Å². The average molecular weight is 356 g/mol. The molecule has 10 nitrogen and oxygen atoms in total. The molecule has 0 radical (unpaired) electrons. The predicted octanol–water partition coefficient (Wildman–Crippen LogP) is 2.90. The molecule has 10 heteroatoms. The molecule has 0 spiro atoms. The van der Waals surface area contributed by atoms with Crippen molar-refractivity contribution in [3.63, 3.8) is 0 Å². The summed E-state index contributed by atoms with van der Waals surface area (Å²) in [6.07, 6.45) is 0. The van der Waals surface area contributed by atoms with E-state index in [2.05, 4.69) is 20.9 Å². The van der Waals surface area contributed by atoms with E-state index in [9.17, 15) is 14.9 Å². The molecule has 1 aromatic heterocycles. The molecule has 0 saturated carbocycles. The van der Waals surface area contributed by atoms with Crippen LogP contribution in [0.1, 0.15) is 6.92 Å². The largest absolute Gasteiger partial charge is 0.376 e. The van der Waals surface area contributed by atoms with Crippen LogP contribution in [0.4, 0.5) is 28.4 Å². The molecule has 0 atom stereocenters. The number of hydrogen-bond donors (Lipinski definition) is 2. The van der Waals surface area contributed by atoms with E-state index >= 15 is 0 Å². The van der Waals surface area contributed by atoms with Crippen molar-refractivity contribution in [1.29, 1.82) is 0 Å². The molecule has 1 heterocycles. The lowest BCUT2D eigenvalue weighted by atomic mass is 10.1. The molecule has 0 saturated heterocycles. The number of amides is 1. The van der Waals surface area contributed by atoms with Gasteiger partial charge in [-0.25, -0.2) is 4.63 Å². The van der Waals surface area contributed by atoms with Crippen molar-refractivity contribution >= 4 is 45.4 Å². The lowest BCUT2D eigenvalue weighted by Gasteiger charge is -2.15. The van der Waals surface area contributed by atoms with Crippen molar-refractivity contribution in [3.05, 3.63) is 40.4 Å². The number of nitrogens with one attached hydrogen (secondary N) is 2. The molecule has 2 N–H and O–H groups in total. The summed E-state index contributed by atoms with van der Waals surface area (Å²) >= 11 is 0. The number of nitro benzene ring substituents is 1. The molecule has 0 aliphatic carbocycles. The van der Waals surface area contributed by atoms with E-state index in [1.54, 1.807) is 49.3 Å². The number of hydrogen-bond acceptors (Lipinski definition) is 8. The molecule has 26 heavy (non-hydrogen) atoms. The molecule has 1 amide bonds. The minimum Gasteiger partial charge on any atom is -0.376 e. The van der Waals surface area contributed by atoms with E-state index in [1.165, 1.54) is 6.92 Å². The van der Waals surface area contributed by atoms with Crippen molar-refractivity contribution in [3.8, 4) is 0 Å². The highest BCUT2D eigenvalue weighted by Crippen LogP contribution is 2.39. The zero-order valence-corrected chi connectivity index (χ0v) is 14.3. The fourth-order valence-corrected chi connectivity index (χ4v) is 2.53. The molecule has 0 aliphatic heterocycles. The Kier molecular flexibility index (Phi) is 4.40. The number of nitro groups is 1. The third-order valence-electron chi connectivity index (χ3n) is 3.64. The van der Waals surface area contributed by atoms with Gasteiger partial charge < -0.3 is 15.5 Å². The van der Waals surface area contributed by atoms with Crippen LogP contribution in [0.3, 0.4) is 0 Å². The van der Waals surface area contributed by atoms with Crippen molar-refractivity contribution in [2.75, 3.05) is 29.6 Å². The maximum Gasteiger partial charge on any atom is 0.324 e. The van der Waals surface area contributed by atoms with Crippen LogP contribution in [0.25, 0.3) is 11.0 Å². The van der Waals surface area contributed by atoms with Gasteiger partial charge >= 0.3 is 5.69 Å². The molecule has 3 rings (SSSR count). The average Bonchev–Trinajstić information content (AvgIpc) is 3.03. The van der Waals surface area contributed by atoms with Gasteiger partial charge in [-0.15, -0.1) is 0 Å². The molecule has 134 valence electrons. The van der Waals surface area contributed by atoms with Gasteiger partial charge in [0.15, 0.2) is 5.52 Å². The van der Waals surface area contributed by atoms with Crippen molar-refractivity contribution in [2.24, 2.45) is 0 Å². The molecular weight excluding hydrogens is 340 g/mol. The van der Waals surface area contributed by atoms with Gasteiger partial charge in [-0.1, -0.05) is 0 Å². The highest BCUT2D eigenvalue weighted by atomic mass is 16.6. The number of aromatic nitrogens is 2. The van der Waals surface area contributed by atoms with E-state index < -0.39 is 4.92 Å². The van der Waals surface area contributed by atoms with Crippen LogP contribution in [0.5, 0.6) is 0 Å². The first-order valence-corrected chi connectivity index (χ1v) is 7.62. The number of nitrogens with zero attached hydrogens (tertiary/aromatic N) is 4. The Balaban J connectivity index is 2.04. The Morgan fingerprint density at radius 3 is 2.35 bits per heavy atom. The number of rotatable bonds is 5. The van der Waals surface area contributed by atoms with E-state index in [0.717, 1.165) is 0 Å². The van der Waals surface area contributed by atoms with Gasteiger partial charge in [0.2, 0.25) is 11.4 Å². The first-order valence-electron chi connectivity index (χ1n) is 7.62. The summed E-state index contributed by atoms with van der Waals surface area (Å²) in [5.41, 5.74) is 2.29. The maximum atomic E-state index is 11.6. The SMILES string of the molecule is CC(=O)Nc1ccc(Nc2cc(N(C)C)c3nonc3c2[N+](=O)[O-])cc1. The highest BCUT2D eigenvalue weighted by molar-refractivity contribution is 6.00. The van der Waals surface area contributed by atoms with Gasteiger partial charge in [-0.3, -0.25) is 14.9 Å². The Morgan fingerprint density at radius 1 is 1.15 bits per heavy atom. The Hall–Kier alpha value is -3.69. The second kappa shape index (κ2) is 6.67. The first kappa shape index (κ1) is 17.1. The topological polar surface area (TPSA) is 126 Å². The van der Waals surface area contributed by atoms with E-state index in [1.807, 2.05) is 0 Å². The maximum absolute atomic E-state index is 11.6. The van der Waals surface area contributed by atoms with E-state index in [0.29, 0.717) is 22.6 Å². The van der Waals surface area contributed by atoms with Crippen LogP contribution in [-0.4, -0.2) is 35.2 Å². The second-order valence-electron chi connectivity index (χ2n) is 5.79. The van der Waals surface area contributed by atoms with Crippen LogP contribution in [0.15, 0.2) is 35.0 Å². The second-order valence-corrected chi connectivity index (χ2v) is 5.79. The van der Waals surface area contributed by atoms with E-state index in [4.69, 9.17) is 4.63 Å². The highest BCUT2D eigenvalue weighted by Gasteiger charge is 2.26. The van der Waals surface area contributed by atoms with Gasteiger partial charge in [0.25, 0.3) is 0 Å². The van der Waals surface area contributed by atoms with Gasteiger partial charge in [0.1, 0.15) is 5.69 Å². The minimum absolute atomic E-state index is 0.0681. The summed E-state index contributed by atoms with van der Waals surface area (Å²) in [4.78, 5) is 23.9. The number of anilines is 4. The van der Waals surface area contributed by atoms with Gasteiger partial charge in [0, 0.05) is 32.4 Å². The molecule has 3 aromatic rings.